The first-order valence-electron chi connectivity index (χ1n) is 34.1. The molecule has 5 aliphatic rings. The lowest BCUT2D eigenvalue weighted by atomic mass is 9.51. The Hall–Kier alpha value is -7.04. The van der Waals surface area contributed by atoms with Crippen LogP contribution in [0.5, 0.6) is 0 Å². The molecule has 8 aromatic carbocycles. The highest BCUT2D eigenvalue weighted by Gasteiger charge is 2.48. The zero-order valence-electron chi connectivity index (χ0n) is 57.6. The minimum Gasteiger partial charge on any atom is -0.344 e. The molecule has 4 heterocycles. The predicted octanol–water partition coefficient (Wildman–Crippen LogP) is 23.2. The molecule has 16 rings (SSSR count). The van der Waals surface area contributed by atoms with Crippen molar-refractivity contribution in [2.75, 3.05) is 11.9 Å². The first kappa shape index (κ1) is 62.2. The van der Waals surface area contributed by atoms with E-state index in [9.17, 15) is 0 Å². The number of para-hydroxylation sites is 3. The number of fused-ring (bicyclic) bond motifs is 11. The van der Waals surface area contributed by atoms with Gasteiger partial charge in [-0.15, -0.1) is 0 Å². The number of hydrogen-bond acceptors (Lipinski definition) is 1. The molecule has 4 heteroatoms. The summed E-state index contributed by atoms with van der Waals surface area (Å²) in [6.07, 6.45) is 12.1. The molecule has 0 spiro atoms. The van der Waals surface area contributed by atoms with E-state index >= 15 is 0 Å². The van der Waals surface area contributed by atoms with Gasteiger partial charge in [0.05, 0.1) is 0 Å². The van der Waals surface area contributed by atoms with Crippen LogP contribution in [0.15, 0.2) is 164 Å². The monoisotopic (exact) mass is 1180 g/mol. The molecule has 4 aliphatic carbocycles. The molecular weight excluding hydrogens is 1080 g/mol. The van der Waals surface area contributed by atoms with E-state index in [0.717, 1.165) is 55.3 Å². The van der Waals surface area contributed by atoms with Gasteiger partial charge in [-0.05, 0) is 209 Å². The molecule has 0 radical (unpaired) electrons. The van der Waals surface area contributed by atoms with Crippen molar-refractivity contribution >= 4 is 76.8 Å². The Labute approximate surface area is 534 Å². The molecule has 89 heavy (non-hydrogen) atoms. The molecule has 1 aliphatic heterocycles. The summed E-state index contributed by atoms with van der Waals surface area (Å²) in [6, 6.07) is 61.6. The van der Waals surface area contributed by atoms with Crippen LogP contribution in [-0.4, -0.2) is 20.7 Å². The Bertz CT molecular complexity index is 4310. The van der Waals surface area contributed by atoms with E-state index in [-0.39, 0.29) is 16.2 Å². The second-order valence-electron chi connectivity index (χ2n) is 32.3. The van der Waals surface area contributed by atoms with E-state index < -0.39 is 0 Å². The van der Waals surface area contributed by atoms with Crippen LogP contribution in [0.2, 0.25) is 0 Å². The molecule has 0 amide bonds. The third-order valence-electron chi connectivity index (χ3n) is 22.4. The molecule has 0 saturated heterocycles. The Kier molecular flexibility index (Phi) is 16.3. The standard InChI is InChI=1S/C23H25N.C23H31N.C21H27N.C18H21N/c1-24-21-5-3-2-4-19(21)20-13-16(6-7-22(20)24)23-17-9-14-8-15(11-17)12-18(23)10-14;1-8-22(3,4)16-10-12-18-19-13-11-17(23(5,6)9-2)15-21(19)24(7)20(18)14-16;1-20(2,3)14-15-11-12-19-17(13-15)21(4,5)16-9-7-8-10-18(16)22(19)6;1-18(2,3)12-13-9-10-17-15(11-13)14-7-5-6-8-16(14)19(17)4/h2-7,13-15,17-18,23H,8-12H2,1H3;10-15H,8-9H2,1-7H3;7-13H,14H2,1-6H3;5-11H,12H2,1-4H3. The van der Waals surface area contributed by atoms with Gasteiger partial charge in [0.1, 0.15) is 0 Å². The summed E-state index contributed by atoms with van der Waals surface area (Å²) in [5.41, 5.74) is 22.1. The summed E-state index contributed by atoms with van der Waals surface area (Å²) in [6.45, 7) is 32.3. The third-order valence-corrected chi connectivity index (χ3v) is 22.4. The molecule has 464 valence electrons. The van der Waals surface area contributed by atoms with Crippen molar-refractivity contribution in [1.29, 1.82) is 0 Å². The number of aromatic nitrogens is 3. The summed E-state index contributed by atoms with van der Waals surface area (Å²) in [7, 11) is 8.73. The van der Waals surface area contributed by atoms with E-state index in [1.165, 1.54) is 136 Å². The number of rotatable bonds is 7. The van der Waals surface area contributed by atoms with Crippen LogP contribution in [0.25, 0.3) is 65.4 Å². The van der Waals surface area contributed by atoms with Crippen LogP contribution in [-0.2, 0) is 50.2 Å². The summed E-state index contributed by atoms with van der Waals surface area (Å²) in [4.78, 5) is 2.33. The van der Waals surface area contributed by atoms with Crippen LogP contribution in [0.1, 0.15) is 187 Å². The lowest BCUT2D eigenvalue weighted by Crippen LogP contribution is -2.43. The first-order chi connectivity index (χ1) is 42.1. The van der Waals surface area contributed by atoms with Crippen LogP contribution < -0.4 is 4.90 Å². The molecule has 11 aromatic rings. The molecule has 4 bridgehead atoms. The van der Waals surface area contributed by atoms with Gasteiger partial charge in [-0.1, -0.05) is 200 Å². The van der Waals surface area contributed by atoms with E-state index in [1.807, 2.05) is 0 Å². The lowest BCUT2D eigenvalue weighted by Gasteiger charge is -2.54. The van der Waals surface area contributed by atoms with Crippen molar-refractivity contribution in [3.63, 3.8) is 0 Å². The Morgan fingerprint density at radius 1 is 0.382 bits per heavy atom. The zero-order chi connectivity index (χ0) is 63.3. The topological polar surface area (TPSA) is 18.0 Å². The predicted molar refractivity (Wildman–Crippen MR) is 387 cm³/mol. The second-order valence-corrected chi connectivity index (χ2v) is 32.3. The van der Waals surface area contributed by atoms with Crippen LogP contribution in [0.3, 0.4) is 0 Å². The zero-order valence-corrected chi connectivity index (χ0v) is 57.6. The van der Waals surface area contributed by atoms with Crippen molar-refractivity contribution in [2.24, 2.45) is 55.6 Å². The van der Waals surface area contributed by atoms with Gasteiger partial charge in [0.15, 0.2) is 0 Å². The number of hydrogen-bond donors (Lipinski definition) is 0. The van der Waals surface area contributed by atoms with Gasteiger partial charge in [-0.3, -0.25) is 0 Å². The molecule has 4 saturated carbocycles. The average molecular weight is 1180 g/mol. The fraction of sp³-hybridized carbons (Fsp3) is 0.435. The van der Waals surface area contributed by atoms with Gasteiger partial charge in [-0.25, -0.2) is 0 Å². The number of aryl methyl sites for hydroxylation is 3. The fourth-order valence-electron chi connectivity index (χ4n) is 16.9. The van der Waals surface area contributed by atoms with Gasteiger partial charge in [0.2, 0.25) is 0 Å². The fourth-order valence-corrected chi connectivity index (χ4v) is 16.9. The largest absolute Gasteiger partial charge is 0.344 e. The van der Waals surface area contributed by atoms with E-state index in [4.69, 9.17) is 0 Å². The molecule has 4 fully saturated rings. The highest BCUT2D eigenvalue weighted by Crippen LogP contribution is 2.60. The minimum atomic E-state index is 0.0479. The van der Waals surface area contributed by atoms with Crippen molar-refractivity contribution in [3.8, 4) is 0 Å². The van der Waals surface area contributed by atoms with Gasteiger partial charge in [0, 0.05) is 110 Å². The third kappa shape index (κ3) is 11.8. The molecule has 0 atom stereocenters. The second kappa shape index (κ2) is 23.3. The summed E-state index contributed by atoms with van der Waals surface area (Å²) < 4.78 is 7.01. The van der Waals surface area contributed by atoms with Crippen molar-refractivity contribution in [3.05, 3.63) is 203 Å². The summed E-state index contributed by atoms with van der Waals surface area (Å²) in [5, 5.41) is 8.34. The van der Waals surface area contributed by atoms with Gasteiger partial charge >= 0.3 is 0 Å². The molecule has 0 N–H and O–H groups in total. The van der Waals surface area contributed by atoms with Gasteiger partial charge < -0.3 is 18.6 Å². The Balaban J connectivity index is 0.000000116. The molecule has 4 nitrogen and oxygen atoms in total. The number of nitrogens with zero attached hydrogens (tertiary/aromatic N) is 4. The average Bonchev–Trinajstić information content (AvgIpc) is 1.24. The van der Waals surface area contributed by atoms with Crippen molar-refractivity contribution in [2.45, 2.75) is 177 Å². The van der Waals surface area contributed by atoms with E-state index in [0.29, 0.717) is 10.8 Å². The maximum atomic E-state index is 2.55. The van der Waals surface area contributed by atoms with Crippen LogP contribution in [0.4, 0.5) is 11.4 Å². The number of anilines is 2. The lowest BCUT2D eigenvalue weighted by molar-refractivity contribution is -0.00273. The summed E-state index contributed by atoms with van der Waals surface area (Å²) in [5.74, 6) is 4.89. The molecular formula is C85H104N4. The van der Waals surface area contributed by atoms with Crippen LogP contribution >= 0.6 is 0 Å². The van der Waals surface area contributed by atoms with Crippen molar-refractivity contribution in [1.82, 2.24) is 13.7 Å². The SMILES string of the molecule is CCC(C)(C)c1ccc2c3ccc(C(C)(C)CC)cc3n(C)c2c1.CN1c2ccccc2C(C)(C)c2cc(CC(C)(C)C)ccc21.Cn1c2ccccc2c2cc(C3C4CC5CC(C4)CC3C5)ccc21.Cn1c2ccccc2c2cc(CC(C)(C)C)ccc21. The minimum absolute atomic E-state index is 0.0479. The Morgan fingerprint density at radius 3 is 1.31 bits per heavy atom. The van der Waals surface area contributed by atoms with Crippen LogP contribution in [0, 0.1) is 34.5 Å². The maximum Gasteiger partial charge on any atom is 0.0491 e. The highest BCUT2D eigenvalue weighted by atomic mass is 15.1. The number of benzene rings is 8. The van der Waals surface area contributed by atoms with Crippen molar-refractivity contribution < 1.29 is 0 Å². The summed E-state index contributed by atoms with van der Waals surface area (Å²) >= 11 is 0. The van der Waals surface area contributed by atoms with Gasteiger partial charge in [0.25, 0.3) is 0 Å². The highest BCUT2D eigenvalue weighted by molar-refractivity contribution is 6.10. The molecule has 0 unspecified atom stereocenters. The van der Waals surface area contributed by atoms with E-state index in [1.54, 1.807) is 12.0 Å². The van der Waals surface area contributed by atoms with E-state index in [2.05, 4.69) is 308 Å². The smallest absolute Gasteiger partial charge is 0.0491 e. The maximum absolute atomic E-state index is 2.55. The normalized spacial score (nSPS) is 19.5. The Morgan fingerprint density at radius 2 is 0.798 bits per heavy atom. The van der Waals surface area contributed by atoms with Gasteiger partial charge in [-0.2, -0.15) is 0 Å². The first-order valence-corrected chi connectivity index (χ1v) is 34.1. The quantitative estimate of drug-likeness (QED) is 0.156. The molecule has 3 aromatic heterocycles.